The van der Waals surface area contributed by atoms with Crippen LogP contribution in [0.4, 0.5) is 4.39 Å². The van der Waals surface area contributed by atoms with E-state index >= 15 is 0 Å². The number of ether oxygens (including phenoxy) is 1. The van der Waals surface area contributed by atoms with Crippen LogP contribution < -0.4 is 10.3 Å². The van der Waals surface area contributed by atoms with Gasteiger partial charge in [-0.25, -0.2) is 4.39 Å². The number of pyridine rings is 1. The van der Waals surface area contributed by atoms with Crippen molar-refractivity contribution >= 4 is 0 Å². The third-order valence-corrected chi connectivity index (χ3v) is 2.40. The summed E-state index contributed by atoms with van der Waals surface area (Å²) in [4.78, 5) is 13.6. The zero-order valence-corrected chi connectivity index (χ0v) is 9.31. The Labute approximate surface area is 97.9 Å². The predicted molar refractivity (Wildman–Crippen MR) is 62.5 cm³/mol. The van der Waals surface area contributed by atoms with Crippen molar-refractivity contribution in [1.82, 2.24) is 4.98 Å². The number of H-pyrrole nitrogens is 1. The summed E-state index contributed by atoms with van der Waals surface area (Å²) >= 11 is 0. The zero-order chi connectivity index (χ0) is 12.3. The van der Waals surface area contributed by atoms with Gasteiger partial charge in [0, 0.05) is 12.3 Å². The van der Waals surface area contributed by atoms with E-state index in [1.165, 1.54) is 24.4 Å². The molecule has 0 aliphatic rings. The van der Waals surface area contributed by atoms with Crippen LogP contribution in [0.3, 0.4) is 0 Å². The molecule has 1 N–H and O–H groups in total. The molecule has 0 radical (unpaired) electrons. The van der Waals surface area contributed by atoms with E-state index in [1.54, 1.807) is 18.2 Å². The van der Waals surface area contributed by atoms with E-state index in [-0.39, 0.29) is 17.5 Å². The number of rotatable bonds is 3. The molecule has 3 nitrogen and oxygen atoms in total. The molecule has 1 aromatic heterocycles. The summed E-state index contributed by atoms with van der Waals surface area (Å²) in [6.45, 7) is 1.84. The Morgan fingerprint density at radius 3 is 2.59 bits per heavy atom. The van der Waals surface area contributed by atoms with Crippen LogP contribution in [-0.2, 0) is 0 Å². The molecule has 2 rings (SSSR count). The number of halogens is 1. The summed E-state index contributed by atoms with van der Waals surface area (Å²) in [5.41, 5.74) is 0.639. The standard InChI is InChI=1S/C13H12FNO2/c1-9(10-2-4-11(14)5-3-10)17-12-6-7-15-13(16)8-12/h2-9H,1H3,(H,15,16). The van der Waals surface area contributed by atoms with Crippen LogP contribution in [0.1, 0.15) is 18.6 Å². The lowest BCUT2D eigenvalue weighted by atomic mass is 10.1. The average molecular weight is 233 g/mol. The number of hydrogen-bond donors (Lipinski definition) is 1. The normalized spacial score (nSPS) is 12.1. The first-order chi connectivity index (χ1) is 8.15. The van der Waals surface area contributed by atoms with E-state index in [1.807, 2.05) is 6.92 Å². The minimum absolute atomic E-state index is 0.214. The lowest BCUT2D eigenvalue weighted by Gasteiger charge is -2.14. The number of aromatic amines is 1. The van der Waals surface area contributed by atoms with Gasteiger partial charge in [-0.15, -0.1) is 0 Å². The van der Waals surface area contributed by atoms with Crippen LogP contribution in [0, 0.1) is 5.82 Å². The Morgan fingerprint density at radius 1 is 1.24 bits per heavy atom. The van der Waals surface area contributed by atoms with E-state index < -0.39 is 0 Å². The molecule has 0 amide bonds. The molecular formula is C13H12FNO2. The van der Waals surface area contributed by atoms with Crippen molar-refractivity contribution in [2.24, 2.45) is 0 Å². The van der Waals surface area contributed by atoms with Gasteiger partial charge in [0.1, 0.15) is 17.7 Å². The summed E-state index contributed by atoms with van der Waals surface area (Å²) < 4.78 is 18.3. The van der Waals surface area contributed by atoms with Crippen molar-refractivity contribution in [2.45, 2.75) is 13.0 Å². The molecule has 1 unspecified atom stereocenters. The second-order valence-corrected chi connectivity index (χ2v) is 3.70. The predicted octanol–water partition coefficient (Wildman–Crippen LogP) is 2.65. The van der Waals surface area contributed by atoms with Gasteiger partial charge in [-0.3, -0.25) is 4.79 Å². The van der Waals surface area contributed by atoms with Gasteiger partial charge in [-0.05, 0) is 30.7 Å². The molecule has 0 bridgehead atoms. The summed E-state index contributed by atoms with van der Waals surface area (Å²) in [6, 6.07) is 9.13. The quantitative estimate of drug-likeness (QED) is 0.885. The highest BCUT2D eigenvalue weighted by molar-refractivity contribution is 5.22. The van der Waals surface area contributed by atoms with Gasteiger partial charge >= 0.3 is 0 Å². The van der Waals surface area contributed by atoms with Gasteiger partial charge < -0.3 is 9.72 Å². The number of aromatic nitrogens is 1. The van der Waals surface area contributed by atoms with Crippen LogP contribution in [-0.4, -0.2) is 4.98 Å². The van der Waals surface area contributed by atoms with Gasteiger partial charge in [0.15, 0.2) is 0 Å². The average Bonchev–Trinajstić information content (AvgIpc) is 2.29. The van der Waals surface area contributed by atoms with Gasteiger partial charge in [0.2, 0.25) is 0 Å². The van der Waals surface area contributed by atoms with Crippen LogP contribution in [0.5, 0.6) is 5.75 Å². The SMILES string of the molecule is CC(Oc1cc[nH]c(=O)c1)c1ccc(F)cc1. The van der Waals surface area contributed by atoms with Crippen LogP contribution in [0.15, 0.2) is 47.4 Å². The Bertz CT molecular complexity index is 548. The van der Waals surface area contributed by atoms with Gasteiger partial charge in [-0.2, -0.15) is 0 Å². The Balaban J connectivity index is 2.14. The van der Waals surface area contributed by atoms with E-state index in [0.717, 1.165) is 5.56 Å². The van der Waals surface area contributed by atoms with Crippen molar-refractivity contribution < 1.29 is 9.13 Å². The van der Waals surface area contributed by atoms with Crippen molar-refractivity contribution in [3.05, 3.63) is 64.3 Å². The first-order valence-electron chi connectivity index (χ1n) is 5.26. The maximum absolute atomic E-state index is 12.7. The van der Waals surface area contributed by atoms with Gasteiger partial charge in [0.25, 0.3) is 5.56 Å². The Kier molecular flexibility index (Phi) is 3.23. The fourth-order valence-electron chi connectivity index (χ4n) is 1.50. The van der Waals surface area contributed by atoms with Crippen molar-refractivity contribution in [3.63, 3.8) is 0 Å². The van der Waals surface area contributed by atoms with Crippen molar-refractivity contribution in [2.75, 3.05) is 0 Å². The number of nitrogens with one attached hydrogen (secondary N) is 1. The van der Waals surface area contributed by atoms with Crippen LogP contribution >= 0.6 is 0 Å². The van der Waals surface area contributed by atoms with Crippen molar-refractivity contribution in [3.8, 4) is 5.75 Å². The molecule has 2 aromatic rings. The third kappa shape index (κ3) is 2.93. The third-order valence-electron chi connectivity index (χ3n) is 2.40. The van der Waals surface area contributed by atoms with Crippen LogP contribution in [0.2, 0.25) is 0 Å². The largest absolute Gasteiger partial charge is 0.486 e. The minimum Gasteiger partial charge on any atom is -0.486 e. The van der Waals surface area contributed by atoms with Gasteiger partial charge in [-0.1, -0.05) is 12.1 Å². The molecule has 0 saturated carbocycles. The lowest BCUT2D eigenvalue weighted by Crippen LogP contribution is -2.07. The van der Waals surface area contributed by atoms with E-state index in [2.05, 4.69) is 4.98 Å². The summed E-state index contributed by atoms with van der Waals surface area (Å²) in [5, 5.41) is 0. The first-order valence-corrected chi connectivity index (χ1v) is 5.26. The molecule has 0 spiro atoms. The second kappa shape index (κ2) is 4.82. The highest BCUT2D eigenvalue weighted by Crippen LogP contribution is 2.20. The summed E-state index contributed by atoms with van der Waals surface area (Å²) in [5.74, 6) is 0.211. The Morgan fingerprint density at radius 2 is 1.94 bits per heavy atom. The minimum atomic E-state index is -0.280. The molecular weight excluding hydrogens is 221 g/mol. The molecule has 0 aliphatic heterocycles. The fourth-order valence-corrected chi connectivity index (χ4v) is 1.50. The highest BCUT2D eigenvalue weighted by Gasteiger charge is 2.07. The molecule has 0 saturated heterocycles. The molecule has 88 valence electrons. The summed E-state index contributed by atoms with van der Waals surface area (Å²) in [7, 11) is 0. The van der Waals surface area contributed by atoms with Crippen LogP contribution in [0.25, 0.3) is 0 Å². The molecule has 0 aliphatic carbocycles. The smallest absolute Gasteiger partial charge is 0.251 e. The van der Waals surface area contributed by atoms with Gasteiger partial charge in [0.05, 0.1) is 0 Å². The maximum atomic E-state index is 12.7. The first kappa shape index (κ1) is 11.4. The van der Waals surface area contributed by atoms with Crippen molar-refractivity contribution in [1.29, 1.82) is 0 Å². The fraction of sp³-hybridized carbons (Fsp3) is 0.154. The monoisotopic (exact) mass is 233 g/mol. The summed E-state index contributed by atoms with van der Waals surface area (Å²) in [6.07, 6.45) is 1.28. The topological polar surface area (TPSA) is 42.1 Å². The zero-order valence-electron chi connectivity index (χ0n) is 9.31. The number of hydrogen-bond acceptors (Lipinski definition) is 2. The maximum Gasteiger partial charge on any atom is 0.251 e. The number of benzene rings is 1. The Hall–Kier alpha value is -2.10. The highest BCUT2D eigenvalue weighted by atomic mass is 19.1. The lowest BCUT2D eigenvalue weighted by molar-refractivity contribution is 0.226. The molecule has 1 aromatic carbocycles. The molecule has 1 atom stereocenters. The molecule has 4 heteroatoms. The van der Waals surface area contributed by atoms with E-state index in [0.29, 0.717) is 5.75 Å². The van der Waals surface area contributed by atoms with E-state index in [9.17, 15) is 9.18 Å². The molecule has 17 heavy (non-hydrogen) atoms. The van der Waals surface area contributed by atoms with E-state index in [4.69, 9.17) is 4.74 Å². The molecule has 1 heterocycles. The molecule has 0 fully saturated rings. The second-order valence-electron chi connectivity index (χ2n) is 3.70.